The van der Waals surface area contributed by atoms with Gasteiger partial charge >= 0.3 is 0 Å². The molecule has 0 saturated heterocycles. The van der Waals surface area contributed by atoms with Crippen LogP contribution in [0.3, 0.4) is 0 Å². The van der Waals surface area contributed by atoms with Gasteiger partial charge in [-0.05, 0) is 48.3 Å². The van der Waals surface area contributed by atoms with Gasteiger partial charge in [0, 0.05) is 0 Å². The summed E-state index contributed by atoms with van der Waals surface area (Å²) in [6, 6.07) is 0. The van der Waals surface area contributed by atoms with Gasteiger partial charge in [-0.15, -0.1) is 0 Å². The van der Waals surface area contributed by atoms with E-state index in [0.717, 1.165) is 23.7 Å². The summed E-state index contributed by atoms with van der Waals surface area (Å²) in [5, 5.41) is 0. The summed E-state index contributed by atoms with van der Waals surface area (Å²) in [4.78, 5) is 0. The zero-order valence-corrected chi connectivity index (χ0v) is 14.5. The Kier molecular flexibility index (Phi) is 6.91. The summed E-state index contributed by atoms with van der Waals surface area (Å²) >= 11 is 0. The van der Waals surface area contributed by atoms with Crippen molar-refractivity contribution in [2.45, 2.75) is 92.9 Å². The molecular formula is C19H38. The molecule has 3 saturated carbocycles. The van der Waals surface area contributed by atoms with Crippen molar-refractivity contribution in [1.29, 1.82) is 0 Å². The SMILES string of the molecule is CCCC(C)CC.CCCC1CCC2CC1C2(C)C. The third kappa shape index (κ3) is 4.23. The lowest BCUT2D eigenvalue weighted by Gasteiger charge is -2.60. The van der Waals surface area contributed by atoms with Crippen molar-refractivity contribution < 1.29 is 0 Å². The Balaban J connectivity index is 0.000000224. The summed E-state index contributed by atoms with van der Waals surface area (Å²) in [5.41, 5.74) is 0.706. The van der Waals surface area contributed by atoms with E-state index in [4.69, 9.17) is 0 Å². The van der Waals surface area contributed by atoms with E-state index >= 15 is 0 Å². The summed E-state index contributed by atoms with van der Waals surface area (Å²) < 4.78 is 0. The van der Waals surface area contributed by atoms with Gasteiger partial charge in [-0.3, -0.25) is 0 Å². The summed E-state index contributed by atoms with van der Waals surface area (Å²) in [7, 11) is 0. The Morgan fingerprint density at radius 2 is 1.74 bits per heavy atom. The Labute approximate surface area is 122 Å². The zero-order chi connectivity index (χ0) is 14.5. The molecule has 0 spiro atoms. The van der Waals surface area contributed by atoms with Crippen LogP contribution in [0.4, 0.5) is 0 Å². The smallest absolute Gasteiger partial charge is 0.0295 e. The number of rotatable bonds is 5. The third-order valence-corrected chi connectivity index (χ3v) is 6.14. The van der Waals surface area contributed by atoms with E-state index in [9.17, 15) is 0 Å². The number of hydrogen-bond donors (Lipinski definition) is 0. The molecular weight excluding hydrogens is 228 g/mol. The van der Waals surface area contributed by atoms with Gasteiger partial charge in [-0.25, -0.2) is 0 Å². The van der Waals surface area contributed by atoms with Crippen LogP contribution < -0.4 is 0 Å². The van der Waals surface area contributed by atoms with Crippen LogP contribution in [0.5, 0.6) is 0 Å². The average molecular weight is 267 g/mol. The molecule has 0 heteroatoms. The van der Waals surface area contributed by atoms with Gasteiger partial charge < -0.3 is 0 Å². The van der Waals surface area contributed by atoms with Crippen LogP contribution in [-0.4, -0.2) is 0 Å². The van der Waals surface area contributed by atoms with Gasteiger partial charge in [0.2, 0.25) is 0 Å². The first kappa shape index (κ1) is 17.1. The summed E-state index contributed by atoms with van der Waals surface area (Å²) in [6.07, 6.45) is 11.6. The molecule has 0 heterocycles. The van der Waals surface area contributed by atoms with E-state index in [-0.39, 0.29) is 0 Å². The molecule has 0 radical (unpaired) electrons. The van der Waals surface area contributed by atoms with Crippen molar-refractivity contribution in [3.63, 3.8) is 0 Å². The van der Waals surface area contributed by atoms with Crippen LogP contribution in [0.25, 0.3) is 0 Å². The van der Waals surface area contributed by atoms with Crippen molar-refractivity contribution in [3.8, 4) is 0 Å². The van der Waals surface area contributed by atoms with Crippen LogP contribution in [0.1, 0.15) is 92.9 Å². The minimum atomic E-state index is 0.706. The van der Waals surface area contributed by atoms with Gasteiger partial charge in [0.25, 0.3) is 0 Å². The average Bonchev–Trinajstić information content (AvgIpc) is 2.40. The maximum Gasteiger partial charge on any atom is -0.0295 e. The molecule has 0 aliphatic heterocycles. The van der Waals surface area contributed by atoms with Crippen LogP contribution in [0.2, 0.25) is 0 Å². The first-order valence-corrected chi connectivity index (χ1v) is 8.97. The lowest BCUT2D eigenvalue weighted by molar-refractivity contribution is -0.106. The molecule has 0 N–H and O–H groups in total. The second-order valence-electron chi connectivity index (χ2n) is 7.79. The largest absolute Gasteiger partial charge is 0.0654 e. The fourth-order valence-corrected chi connectivity index (χ4v) is 4.38. The van der Waals surface area contributed by atoms with Crippen molar-refractivity contribution in [2.24, 2.45) is 29.1 Å². The molecule has 3 fully saturated rings. The Hall–Kier alpha value is 0. The minimum absolute atomic E-state index is 0.706. The molecule has 3 aliphatic carbocycles. The van der Waals surface area contributed by atoms with E-state index in [0.29, 0.717) is 5.41 Å². The second kappa shape index (κ2) is 7.70. The molecule has 0 nitrogen and oxygen atoms in total. The Morgan fingerprint density at radius 1 is 1.05 bits per heavy atom. The number of hydrogen-bond acceptors (Lipinski definition) is 0. The molecule has 0 amide bonds. The van der Waals surface area contributed by atoms with E-state index < -0.39 is 0 Å². The third-order valence-electron chi connectivity index (χ3n) is 6.14. The van der Waals surface area contributed by atoms with Gasteiger partial charge in [0.1, 0.15) is 0 Å². The first-order chi connectivity index (χ1) is 8.97. The van der Waals surface area contributed by atoms with E-state index in [1.54, 1.807) is 6.42 Å². The highest BCUT2D eigenvalue weighted by Gasteiger charge is 2.53. The van der Waals surface area contributed by atoms with Gasteiger partial charge in [-0.1, -0.05) is 73.6 Å². The Morgan fingerprint density at radius 3 is 2.11 bits per heavy atom. The lowest BCUT2D eigenvalue weighted by Crippen LogP contribution is -2.52. The molecule has 0 aromatic heterocycles. The summed E-state index contributed by atoms with van der Waals surface area (Å²) in [6.45, 7) is 14.1. The van der Waals surface area contributed by atoms with E-state index in [1.807, 2.05) is 0 Å². The molecule has 114 valence electrons. The fraction of sp³-hybridized carbons (Fsp3) is 1.00. The van der Waals surface area contributed by atoms with Crippen molar-refractivity contribution in [1.82, 2.24) is 0 Å². The molecule has 2 bridgehead atoms. The van der Waals surface area contributed by atoms with Crippen molar-refractivity contribution >= 4 is 0 Å². The highest BCUT2D eigenvalue weighted by molar-refractivity contribution is 5.02. The highest BCUT2D eigenvalue weighted by atomic mass is 14.6. The Bertz CT molecular complexity index is 236. The minimum Gasteiger partial charge on any atom is -0.0654 e. The normalized spacial score (nSPS) is 32.8. The molecule has 0 aromatic carbocycles. The first-order valence-electron chi connectivity index (χ1n) is 8.97. The fourth-order valence-electron chi connectivity index (χ4n) is 4.38. The lowest BCUT2D eigenvalue weighted by atomic mass is 9.45. The van der Waals surface area contributed by atoms with E-state index in [1.165, 1.54) is 44.9 Å². The monoisotopic (exact) mass is 266 g/mol. The maximum absolute atomic E-state index is 2.49. The maximum atomic E-state index is 2.49. The quantitative estimate of drug-likeness (QED) is 0.520. The molecule has 4 unspecified atom stereocenters. The number of fused-ring (bicyclic) bond motifs is 2. The van der Waals surface area contributed by atoms with Gasteiger partial charge in [-0.2, -0.15) is 0 Å². The van der Waals surface area contributed by atoms with Crippen LogP contribution in [0, 0.1) is 29.1 Å². The predicted molar refractivity (Wildman–Crippen MR) is 87.4 cm³/mol. The van der Waals surface area contributed by atoms with Gasteiger partial charge in [0.15, 0.2) is 0 Å². The molecule has 4 atom stereocenters. The van der Waals surface area contributed by atoms with Crippen molar-refractivity contribution in [3.05, 3.63) is 0 Å². The zero-order valence-electron chi connectivity index (χ0n) is 14.5. The van der Waals surface area contributed by atoms with Crippen LogP contribution >= 0.6 is 0 Å². The second-order valence-corrected chi connectivity index (χ2v) is 7.79. The van der Waals surface area contributed by atoms with Crippen LogP contribution in [0.15, 0.2) is 0 Å². The van der Waals surface area contributed by atoms with Crippen LogP contribution in [-0.2, 0) is 0 Å². The highest BCUT2D eigenvalue weighted by Crippen LogP contribution is 2.62. The molecule has 0 aromatic rings. The summed E-state index contributed by atoms with van der Waals surface area (Å²) in [5.74, 6) is 4.19. The molecule has 3 aliphatic rings. The molecule has 3 rings (SSSR count). The molecule has 19 heavy (non-hydrogen) atoms. The topological polar surface area (TPSA) is 0 Å². The predicted octanol–water partition coefficient (Wildman–Crippen LogP) is 6.69. The van der Waals surface area contributed by atoms with E-state index in [2.05, 4.69) is 41.5 Å². The van der Waals surface area contributed by atoms with Gasteiger partial charge in [0.05, 0.1) is 0 Å². The standard InChI is InChI=1S/C12H22.C7H16/c1-4-5-9-6-7-10-8-11(9)12(10,2)3;1-4-6-7(3)5-2/h9-11H,4-8H2,1-3H3;7H,4-6H2,1-3H3. The van der Waals surface area contributed by atoms with Crippen molar-refractivity contribution in [2.75, 3.05) is 0 Å².